The van der Waals surface area contributed by atoms with Crippen LogP contribution in [0.25, 0.3) is 10.1 Å². The van der Waals surface area contributed by atoms with Gasteiger partial charge >= 0.3 is 5.97 Å². The van der Waals surface area contributed by atoms with Crippen LogP contribution < -0.4 is 11.1 Å². The highest BCUT2D eigenvalue weighted by atomic mass is 32.1. The molecule has 0 aliphatic carbocycles. The number of hydrogen-bond acceptors (Lipinski definition) is 4. The quantitative estimate of drug-likeness (QED) is 0.762. The number of thiophene rings is 1. The van der Waals surface area contributed by atoms with E-state index in [4.69, 9.17) is 10.8 Å². The monoisotopic (exact) mass is 292 g/mol. The van der Waals surface area contributed by atoms with Gasteiger partial charge in [0.25, 0.3) is 5.91 Å². The number of carbonyl (C=O) groups is 3. The normalized spacial score (nSPS) is 12.0. The molecule has 0 saturated heterocycles. The Hall–Kier alpha value is -2.41. The van der Waals surface area contributed by atoms with Crippen LogP contribution in [0, 0.1) is 0 Å². The van der Waals surface area contributed by atoms with Crippen LogP contribution in [-0.4, -0.2) is 28.9 Å². The number of primary amides is 1. The van der Waals surface area contributed by atoms with Gasteiger partial charge in [-0.25, -0.2) is 4.79 Å². The van der Waals surface area contributed by atoms with Gasteiger partial charge < -0.3 is 16.2 Å². The van der Waals surface area contributed by atoms with E-state index in [-0.39, 0.29) is 0 Å². The molecule has 104 valence electrons. The Kier molecular flexibility index (Phi) is 3.99. The smallest absolute Gasteiger partial charge is 0.326 e. The van der Waals surface area contributed by atoms with E-state index >= 15 is 0 Å². The summed E-state index contributed by atoms with van der Waals surface area (Å²) in [6, 6.07) is 5.98. The largest absolute Gasteiger partial charge is 0.480 e. The number of amides is 2. The van der Waals surface area contributed by atoms with Gasteiger partial charge in [-0.1, -0.05) is 18.2 Å². The fraction of sp³-hybridized carbons (Fsp3) is 0.154. The second-order valence-electron chi connectivity index (χ2n) is 4.18. The first-order chi connectivity index (χ1) is 9.49. The maximum absolute atomic E-state index is 12.1. The fourth-order valence-corrected chi connectivity index (χ4v) is 2.73. The summed E-state index contributed by atoms with van der Waals surface area (Å²) in [5.74, 6) is -2.61. The molecule has 0 fully saturated rings. The van der Waals surface area contributed by atoms with Crippen LogP contribution in [-0.2, 0) is 9.59 Å². The summed E-state index contributed by atoms with van der Waals surface area (Å²) in [6.45, 7) is 0. The number of hydrogen-bond donors (Lipinski definition) is 3. The van der Waals surface area contributed by atoms with E-state index in [0.29, 0.717) is 5.56 Å². The van der Waals surface area contributed by atoms with E-state index in [9.17, 15) is 14.4 Å². The molecule has 20 heavy (non-hydrogen) atoms. The molecule has 4 N–H and O–H groups in total. The molecule has 2 amide bonds. The molecule has 1 atom stereocenters. The van der Waals surface area contributed by atoms with Crippen LogP contribution in [0.4, 0.5) is 0 Å². The average Bonchev–Trinajstić information content (AvgIpc) is 2.81. The maximum atomic E-state index is 12.1. The first kappa shape index (κ1) is 14.0. The van der Waals surface area contributed by atoms with Gasteiger partial charge in [0.05, 0.1) is 12.0 Å². The van der Waals surface area contributed by atoms with Crippen LogP contribution in [0.15, 0.2) is 29.6 Å². The number of carboxylic acids is 1. The second kappa shape index (κ2) is 5.70. The van der Waals surface area contributed by atoms with Gasteiger partial charge in [-0.05, 0) is 6.07 Å². The van der Waals surface area contributed by atoms with Crippen molar-refractivity contribution in [1.82, 2.24) is 5.32 Å². The topological polar surface area (TPSA) is 109 Å². The summed E-state index contributed by atoms with van der Waals surface area (Å²) >= 11 is 1.39. The molecule has 7 heteroatoms. The van der Waals surface area contributed by atoms with Gasteiger partial charge in [0.2, 0.25) is 5.91 Å². The average molecular weight is 292 g/mol. The molecule has 1 aromatic heterocycles. The Morgan fingerprint density at radius 2 is 2.00 bits per heavy atom. The van der Waals surface area contributed by atoms with E-state index in [1.807, 2.05) is 12.1 Å². The Morgan fingerprint density at radius 3 is 2.65 bits per heavy atom. The predicted molar refractivity (Wildman–Crippen MR) is 74.5 cm³/mol. The number of nitrogens with one attached hydrogen (secondary N) is 1. The zero-order valence-electron chi connectivity index (χ0n) is 10.3. The number of aliphatic carboxylic acids is 1. The predicted octanol–water partition coefficient (Wildman–Crippen LogP) is 0.960. The minimum Gasteiger partial charge on any atom is -0.480 e. The molecular weight excluding hydrogens is 280 g/mol. The lowest BCUT2D eigenvalue weighted by Crippen LogP contribution is -2.43. The highest BCUT2D eigenvalue weighted by Gasteiger charge is 2.23. The molecule has 0 spiro atoms. The number of nitrogens with two attached hydrogens (primary N) is 1. The molecule has 6 nitrogen and oxygen atoms in total. The second-order valence-corrected chi connectivity index (χ2v) is 5.09. The molecule has 2 rings (SSSR count). The Bertz CT molecular complexity index is 680. The van der Waals surface area contributed by atoms with E-state index in [1.165, 1.54) is 11.3 Å². The first-order valence-corrected chi connectivity index (χ1v) is 6.65. The van der Waals surface area contributed by atoms with Crippen molar-refractivity contribution in [3.63, 3.8) is 0 Å². The first-order valence-electron chi connectivity index (χ1n) is 5.77. The summed E-state index contributed by atoms with van der Waals surface area (Å²) in [6.07, 6.45) is -0.441. The third-order valence-corrected chi connectivity index (χ3v) is 3.70. The number of fused-ring (bicyclic) bond motifs is 1. The van der Waals surface area contributed by atoms with Gasteiger partial charge in [0.1, 0.15) is 6.04 Å². The standard InChI is InChI=1S/C13H12N2O4S/c14-11(16)5-9(13(18)19)15-12(17)8-6-20-10-4-2-1-3-7(8)10/h1-4,6,9H,5H2,(H2,14,16)(H,15,17)(H,18,19). The zero-order valence-corrected chi connectivity index (χ0v) is 11.1. The minimum atomic E-state index is -1.32. The van der Waals surface area contributed by atoms with Gasteiger partial charge in [-0.15, -0.1) is 11.3 Å². The number of carbonyl (C=O) groups excluding carboxylic acids is 2. The molecule has 0 aliphatic rings. The minimum absolute atomic E-state index is 0.390. The van der Waals surface area contributed by atoms with Gasteiger partial charge in [-0.3, -0.25) is 9.59 Å². The van der Waals surface area contributed by atoms with Gasteiger partial charge in [0, 0.05) is 15.5 Å². The highest BCUT2D eigenvalue weighted by molar-refractivity contribution is 7.17. The van der Waals surface area contributed by atoms with Crippen molar-refractivity contribution in [3.8, 4) is 0 Å². The van der Waals surface area contributed by atoms with Crippen LogP contribution in [0.5, 0.6) is 0 Å². The number of rotatable bonds is 5. The van der Waals surface area contributed by atoms with Crippen molar-refractivity contribution in [3.05, 3.63) is 35.2 Å². The lowest BCUT2D eigenvalue weighted by atomic mass is 10.1. The summed E-state index contributed by atoms with van der Waals surface area (Å²) < 4.78 is 0.930. The summed E-state index contributed by atoms with van der Waals surface area (Å²) in [7, 11) is 0. The SMILES string of the molecule is NC(=O)CC(NC(=O)c1csc2ccccc12)C(=O)O. The highest BCUT2D eigenvalue weighted by Crippen LogP contribution is 2.25. The molecule has 0 saturated carbocycles. The van der Waals surface area contributed by atoms with Crippen molar-refractivity contribution < 1.29 is 19.5 Å². The zero-order chi connectivity index (χ0) is 14.7. The fourth-order valence-electron chi connectivity index (χ4n) is 1.79. The van der Waals surface area contributed by atoms with E-state index in [0.717, 1.165) is 10.1 Å². The van der Waals surface area contributed by atoms with Crippen LogP contribution in [0.2, 0.25) is 0 Å². The van der Waals surface area contributed by atoms with Crippen molar-refractivity contribution in [1.29, 1.82) is 0 Å². The Balaban J connectivity index is 2.22. The van der Waals surface area contributed by atoms with Gasteiger partial charge in [-0.2, -0.15) is 0 Å². The van der Waals surface area contributed by atoms with Crippen LogP contribution in [0.1, 0.15) is 16.8 Å². The van der Waals surface area contributed by atoms with Crippen molar-refractivity contribution >= 4 is 39.2 Å². The Labute approximate surface area is 118 Å². The lowest BCUT2D eigenvalue weighted by molar-refractivity contribution is -0.140. The third-order valence-electron chi connectivity index (χ3n) is 2.73. The molecule has 2 aromatic rings. The van der Waals surface area contributed by atoms with E-state index in [1.54, 1.807) is 17.5 Å². The molecule has 1 aromatic carbocycles. The van der Waals surface area contributed by atoms with Crippen LogP contribution in [0.3, 0.4) is 0 Å². The molecule has 1 unspecified atom stereocenters. The molecule has 0 radical (unpaired) electrons. The summed E-state index contributed by atoms with van der Waals surface area (Å²) in [4.78, 5) is 33.9. The number of benzene rings is 1. The third kappa shape index (κ3) is 2.94. The van der Waals surface area contributed by atoms with Crippen molar-refractivity contribution in [2.75, 3.05) is 0 Å². The van der Waals surface area contributed by atoms with Crippen LogP contribution >= 0.6 is 11.3 Å². The summed E-state index contributed by atoms with van der Waals surface area (Å²) in [5, 5.41) is 13.7. The number of carboxylic acid groups (broad SMARTS) is 1. The molecule has 0 aliphatic heterocycles. The van der Waals surface area contributed by atoms with Gasteiger partial charge in [0.15, 0.2) is 0 Å². The summed E-state index contributed by atoms with van der Waals surface area (Å²) in [5.41, 5.74) is 5.35. The van der Waals surface area contributed by atoms with E-state index < -0.39 is 30.2 Å². The molecule has 0 bridgehead atoms. The molecular formula is C13H12N2O4S. The lowest BCUT2D eigenvalue weighted by Gasteiger charge is -2.12. The van der Waals surface area contributed by atoms with Crippen molar-refractivity contribution in [2.24, 2.45) is 5.73 Å². The van der Waals surface area contributed by atoms with E-state index in [2.05, 4.69) is 5.32 Å². The maximum Gasteiger partial charge on any atom is 0.326 e. The van der Waals surface area contributed by atoms with Crippen molar-refractivity contribution in [2.45, 2.75) is 12.5 Å². The molecule has 1 heterocycles. The Morgan fingerprint density at radius 1 is 1.30 bits per heavy atom.